The number of hydrogen-bond donors (Lipinski definition) is 0. The maximum atomic E-state index is 14.2. The van der Waals surface area contributed by atoms with Gasteiger partial charge in [-0.25, -0.2) is 22.2 Å². The van der Waals surface area contributed by atoms with Crippen LogP contribution < -0.4 is 4.90 Å². The molecule has 0 aliphatic heterocycles. The summed E-state index contributed by atoms with van der Waals surface area (Å²) in [6, 6.07) is 11.9. The predicted molar refractivity (Wildman–Crippen MR) is 127 cm³/mol. The van der Waals surface area contributed by atoms with Crippen LogP contribution in [-0.4, -0.2) is 30.0 Å². The van der Waals surface area contributed by atoms with Gasteiger partial charge in [-0.05, 0) is 49.2 Å². The third-order valence-electron chi connectivity index (χ3n) is 5.21. The third-order valence-corrected chi connectivity index (χ3v) is 8.05. The van der Waals surface area contributed by atoms with Crippen molar-refractivity contribution in [2.75, 3.05) is 10.7 Å². The molecule has 1 amide bonds. The summed E-state index contributed by atoms with van der Waals surface area (Å²) in [5.74, 6) is -2.09. The zero-order valence-electron chi connectivity index (χ0n) is 18.2. The first kappa shape index (κ1) is 23.9. The van der Waals surface area contributed by atoms with Gasteiger partial charge in [-0.3, -0.25) is 14.7 Å². The lowest BCUT2D eigenvalue weighted by Crippen LogP contribution is -2.30. The fourth-order valence-electron chi connectivity index (χ4n) is 3.41. The molecule has 0 aliphatic carbocycles. The van der Waals surface area contributed by atoms with E-state index in [9.17, 15) is 22.0 Å². The van der Waals surface area contributed by atoms with Gasteiger partial charge in [0.1, 0.15) is 11.3 Å². The van der Waals surface area contributed by atoms with E-state index in [-0.39, 0.29) is 51.3 Å². The van der Waals surface area contributed by atoms with Crippen LogP contribution in [0.25, 0.3) is 10.2 Å². The second-order valence-electron chi connectivity index (χ2n) is 7.80. The van der Waals surface area contributed by atoms with Crippen molar-refractivity contribution in [3.63, 3.8) is 0 Å². The van der Waals surface area contributed by atoms with Crippen molar-refractivity contribution < 1.29 is 22.0 Å². The highest BCUT2D eigenvalue weighted by Gasteiger charge is 2.23. The van der Waals surface area contributed by atoms with Crippen molar-refractivity contribution in [1.82, 2.24) is 9.97 Å². The lowest BCUT2D eigenvalue weighted by atomic mass is 10.2. The number of amides is 1. The van der Waals surface area contributed by atoms with Gasteiger partial charge >= 0.3 is 0 Å². The first-order valence-corrected chi connectivity index (χ1v) is 12.9. The SMILES string of the molecule is Cc1ccc(S(=O)(=O)CCCC(=O)N(Cc2ccncc2)c2nc3c(F)cc(F)cc3s2)cc1. The maximum Gasteiger partial charge on any atom is 0.229 e. The number of fused-ring (bicyclic) bond motifs is 1. The van der Waals surface area contributed by atoms with Crippen molar-refractivity contribution >= 4 is 42.4 Å². The molecule has 4 rings (SSSR count). The molecule has 2 heterocycles. The molecular formula is C24H21F2N3O3S2. The second kappa shape index (κ2) is 9.94. The fourth-order valence-corrected chi connectivity index (χ4v) is 5.74. The van der Waals surface area contributed by atoms with Crippen molar-refractivity contribution in [1.29, 1.82) is 0 Å². The highest BCUT2D eigenvalue weighted by atomic mass is 32.2. The molecule has 0 saturated carbocycles. The number of benzene rings is 2. The van der Waals surface area contributed by atoms with E-state index in [2.05, 4.69) is 9.97 Å². The molecule has 10 heteroatoms. The van der Waals surface area contributed by atoms with E-state index < -0.39 is 21.5 Å². The van der Waals surface area contributed by atoms with Crippen LogP contribution in [0.15, 0.2) is 65.8 Å². The van der Waals surface area contributed by atoms with Gasteiger partial charge in [0.15, 0.2) is 20.8 Å². The Morgan fingerprint density at radius 2 is 1.76 bits per heavy atom. The molecule has 0 bridgehead atoms. The van der Waals surface area contributed by atoms with Gasteiger partial charge in [0.05, 0.1) is 21.9 Å². The van der Waals surface area contributed by atoms with Gasteiger partial charge in [-0.15, -0.1) is 0 Å². The molecule has 0 N–H and O–H groups in total. The minimum absolute atomic E-state index is 0.0177. The Balaban J connectivity index is 1.55. The lowest BCUT2D eigenvalue weighted by molar-refractivity contribution is -0.118. The molecule has 176 valence electrons. The number of sulfone groups is 1. The summed E-state index contributed by atoms with van der Waals surface area (Å²) in [4.78, 5) is 22.9. The average Bonchev–Trinajstić information content (AvgIpc) is 3.22. The molecule has 0 atom stereocenters. The molecule has 2 aromatic carbocycles. The summed E-state index contributed by atoms with van der Waals surface area (Å²) in [5.41, 5.74) is 1.70. The van der Waals surface area contributed by atoms with E-state index in [1.165, 1.54) is 11.0 Å². The number of thiazole rings is 1. The smallest absolute Gasteiger partial charge is 0.229 e. The average molecular weight is 502 g/mol. The number of carbonyl (C=O) groups is 1. The summed E-state index contributed by atoms with van der Waals surface area (Å²) in [5, 5.41) is 0.211. The second-order valence-corrected chi connectivity index (χ2v) is 10.9. The summed E-state index contributed by atoms with van der Waals surface area (Å²) in [7, 11) is -3.54. The van der Waals surface area contributed by atoms with Gasteiger partial charge in [-0.2, -0.15) is 0 Å². The highest BCUT2D eigenvalue weighted by Crippen LogP contribution is 2.32. The van der Waals surface area contributed by atoms with Crippen molar-refractivity contribution in [3.05, 3.63) is 83.7 Å². The molecule has 0 unspecified atom stereocenters. The zero-order chi connectivity index (χ0) is 24.3. The van der Waals surface area contributed by atoms with E-state index in [1.807, 2.05) is 6.92 Å². The zero-order valence-corrected chi connectivity index (χ0v) is 19.9. The molecule has 0 radical (unpaired) electrons. The number of carbonyl (C=O) groups excluding carboxylic acids is 1. The predicted octanol–water partition coefficient (Wildman–Crippen LogP) is 5.07. The lowest BCUT2D eigenvalue weighted by Gasteiger charge is -2.20. The van der Waals surface area contributed by atoms with Crippen LogP contribution in [0.2, 0.25) is 0 Å². The monoisotopic (exact) mass is 501 g/mol. The number of pyridine rings is 1. The third kappa shape index (κ3) is 5.45. The minimum atomic E-state index is -3.54. The number of rotatable bonds is 8. The van der Waals surface area contributed by atoms with Crippen LogP contribution in [0.5, 0.6) is 0 Å². The molecule has 0 saturated heterocycles. The van der Waals surface area contributed by atoms with Gasteiger partial charge in [0.25, 0.3) is 0 Å². The standard InChI is InChI=1S/C24H21F2N3O3S2/c1-16-4-6-19(7-5-16)34(31,32)12-2-3-22(30)29(15-17-8-10-27-11-9-17)24-28-23-20(26)13-18(25)14-21(23)33-24/h4-11,13-14H,2-3,12,15H2,1H3. The fraction of sp³-hybridized carbons (Fsp3) is 0.208. The molecule has 34 heavy (non-hydrogen) atoms. The van der Waals surface area contributed by atoms with Crippen molar-refractivity contribution in [2.45, 2.75) is 31.2 Å². The van der Waals surface area contributed by atoms with Gasteiger partial charge in [0.2, 0.25) is 5.91 Å². The van der Waals surface area contributed by atoms with Crippen LogP contribution in [0, 0.1) is 18.6 Å². The molecule has 4 aromatic rings. The highest BCUT2D eigenvalue weighted by molar-refractivity contribution is 7.91. The van der Waals surface area contributed by atoms with Gasteiger partial charge < -0.3 is 0 Å². The number of nitrogens with zero attached hydrogens (tertiary/aromatic N) is 3. The Labute approximate surface area is 199 Å². The topological polar surface area (TPSA) is 80.2 Å². The normalized spacial score (nSPS) is 11.6. The van der Waals surface area contributed by atoms with E-state index in [0.29, 0.717) is 0 Å². The van der Waals surface area contributed by atoms with E-state index in [4.69, 9.17) is 0 Å². The first-order chi connectivity index (χ1) is 16.2. The van der Waals surface area contributed by atoms with Crippen LogP contribution in [0.3, 0.4) is 0 Å². The number of halogens is 2. The minimum Gasteiger partial charge on any atom is -0.284 e. The number of anilines is 1. The maximum absolute atomic E-state index is 14.2. The van der Waals surface area contributed by atoms with E-state index >= 15 is 0 Å². The molecule has 0 spiro atoms. The van der Waals surface area contributed by atoms with E-state index in [1.54, 1.807) is 48.8 Å². The van der Waals surface area contributed by atoms with Gasteiger partial charge in [0, 0.05) is 24.9 Å². The first-order valence-electron chi connectivity index (χ1n) is 10.5. The Morgan fingerprint density at radius 1 is 1.06 bits per heavy atom. The largest absolute Gasteiger partial charge is 0.284 e. The van der Waals surface area contributed by atoms with Crippen LogP contribution >= 0.6 is 11.3 Å². The number of aryl methyl sites for hydroxylation is 1. The summed E-state index contributed by atoms with van der Waals surface area (Å²) >= 11 is 0.999. The summed E-state index contributed by atoms with van der Waals surface area (Å²) < 4.78 is 53.4. The molecule has 0 fully saturated rings. The summed E-state index contributed by atoms with van der Waals surface area (Å²) in [6.07, 6.45) is 3.22. The van der Waals surface area contributed by atoms with Crippen molar-refractivity contribution in [2.24, 2.45) is 0 Å². The van der Waals surface area contributed by atoms with E-state index in [0.717, 1.165) is 28.5 Å². The van der Waals surface area contributed by atoms with Crippen LogP contribution in [0.4, 0.5) is 13.9 Å². The Morgan fingerprint density at radius 3 is 2.47 bits per heavy atom. The Hall–Kier alpha value is -3.24. The Kier molecular flexibility index (Phi) is 6.99. The Bertz CT molecular complexity index is 1420. The quantitative estimate of drug-likeness (QED) is 0.337. The van der Waals surface area contributed by atoms with Crippen LogP contribution in [0.1, 0.15) is 24.0 Å². The molecule has 0 aliphatic rings. The summed E-state index contributed by atoms with van der Waals surface area (Å²) in [6.45, 7) is 2.00. The number of hydrogen-bond acceptors (Lipinski definition) is 6. The molecule has 6 nitrogen and oxygen atoms in total. The molecule has 2 aromatic heterocycles. The van der Waals surface area contributed by atoms with Crippen LogP contribution in [-0.2, 0) is 21.2 Å². The van der Waals surface area contributed by atoms with Gasteiger partial charge in [-0.1, -0.05) is 29.0 Å². The molecular weight excluding hydrogens is 480 g/mol. The number of aromatic nitrogens is 2. The van der Waals surface area contributed by atoms with Crippen molar-refractivity contribution in [3.8, 4) is 0 Å².